The largest absolute Gasteiger partial charge is 0.276 e. The monoisotopic (exact) mass is 310 g/mol. The van der Waals surface area contributed by atoms with Crippen molar-refractivity contribution < 1.29 is 0 Å². The van der Waals surface area contributed by atoms with Crippen molar-refractivity contribution in [2.24, 2.45) is 7.05 Å². The van der Waals surface area contributed by atoms with Crippen LogP contribution in [-0.2, 0) is 7.05 Å². The molecule has 3 aromatic rings. The van der Waals surface area contributed by atoms with Gasteiger partial charge in [0.2, 0.25) is 0 Å². The van der Waals surface area contributed by atoms with E-state index in [1.807, 2.05) is 40.9 Å². The van der Waals surface area contributed by atoms with Gasteiger partial charge >= 0.3 is 0 Å². The molecule has 0 fully saturated rings. The van der Waals surface area contributed by atoms with Gasteiger partial charge in [-0.3, -0.25) is 4.68 Å². The van der Waals surface area contributed by atoms with Gasteiger partial charge in [-0.2, -0.15) is 10.2 Å². The van der Waals surface area contributed by atoms with Crippen molar-refractivity contribution in [1.82, 2.24) is 19.4 Å². The molecule has 0 aliphatic carbocycles. The molecule has 0 spiro atoms. The van der Waals surface area contributed by atoms with Crippen LogP contribution in [0.25, 0.3) is 5.52 Å². The van der Waals surface area contributed by atoms with E-state index in [0.717, 1.165) is 12.8 Å². The minimum absolute atomic E-state index is 0.577. The Hall–Kier alpha value is -2.10. The molecule has 122 valence electrons. The first-order valence-corrected chi connectivity index (χ1v) is 8.63. The molecular formula is C19H26N4. The fourth-order valence-corrected chi connectivity index (χ4v) is 3.43. The van der Waals surface area contributed by atoms with Crippen molar-refractivity contribution in [3.63, 3.8) is 0 Å². The SMILES string of the molecule is CCC(CCC(CC)c1cnn(C)c1)c1cnn2cccc2c1. The Morgan fingerprint density at radius 3 is 2.35 bits per heavy atom. The van der Waals surface area contributed by atoms with Crippen molar-refractivity contribution in [2.45, 2.75) is 51.4 Å². The summed E-state index contributed by atoms with van der Waals surface area (Å²) in [6, 6.07) is 6.45. The third kappa shape index (κ3) is 3.46. The normalized spacial score (nSPS) is 14.2. The minimum atomic E-state index is 0.577. The Morgan fingerprint density at radius 2 is 1.70 bits per heavy atom. The molecule has 0 aliphatic heterocycles. The summed E-state index contributed by atoms with van der Waals surface area (Å²) < 4.78 is 3.83. The first-order chi connectivity index (χ1) is 11.2. The number of aromatic nitrogens is 4. The van der Waals surface area contributed by atoms with Gasteiger partial charge < -0.3 is 0 Å². The average molecular weight is 310 g/mol. The molecule has 3 rings (SSSR count). The summed E-state index contributed by atoms with van der Waals surface area (Å²) in [6.45, 7) is 4.55. The molecule has 4 heteroatoms. The molecule has 0 bridgehead atoms. The Kier molecular flexibility index (Phi) is 4.79. The van der Waals surface area contributed by atoms with E-state index in [9.17, 15) is 0 Å². The van der Waals surface area contributed by atoms with Crippen LogP contribution in [0.4, 0.5) is 0 Å². The average Bonchev–Trinajstić information content (AvgIpc) is 3.20. The highest BCUT2D eigenvalue weighted by atomic mass is 15.2. The number of fused-ring (bicyclic) bond motifs is 1. The van der Waals surface area contributed by atoms with Crippen molar-refractivity contribution in [3.8, 4) is 0 Å². The van der Waals surface area contributed by atoms with Crippen molar-refractivity contribution >= 4 is 5.52 Å². The zero-order valence-electron chi connectivity index (χ0n) is 14.3. The van der Waals surface area contributed by atoms with Gasteiger partial charge in [0.15, 0.2) is 0 Å². The van der Waals surface area contributed by atoms with E-state index in [4.69, 9.17) is 0 Å². The maximum Gasteiger partial charge on any atom is 0.0649 e. The molecule has 0 saturated heterocycles. The van der Waals surface area contributed by atoms with Gasteiger partial charge in [-0.1, -0.05) is 13.8 Å². The maximum absolute atomic E-state index is 4.52. The van der Waals surface area contributed by atoms with E-state index in [-0.39, 0.29) is 0 Å². The molecule has 0 radical (unpaired) electrons. The predicted molar refractivity (Wildman–Crippen MR) is 93.7 cm³/mol. The molecule has 4 nitrogen and oxygen atoms in total. The van der Waals surface area contributed by atoms with Gasteiger partial charge in [-0.05, 0) is 66.8 Å². The molecule has 3 aromatic heterocycles. The Balaban J connectivity index is 1.71. The van der Waals surface area contributed by atoms with E-state index >= 15 is 0 Å². The summed E-state index contributed by atoms with van der Waals surface area (Å²) in [5.41, 5.74) is 3.91. The second kappa shape index (κ2) is 6.99. The molecule has 0 aliphatic rings. The summed E-state index contributed by atoms with van der Waals surface area (Å²) in [7, 11) is 1.99. The summed E-state index contributed by atoms with van der Waals surface area (Å²) in [5, 5.41) is 8.85. The number of hydrogen-bond donors (Lipinski definition) is 0. The summed E-state index contributed by atoms with van der Waals surface area (Å²) in [6.07, 6.45) is 12.9. The van der Waals surface area contributed by atoms with Crippen LogP contribution in [0.15, 0.2) is 43.0 Å². The third-order valence-corrected chi connectivity index (χ3v) is 4.92. The minimum Gasteiger partial charge on any atom is -0.276 e. The van der Waals surface area contributed by atoms with Crippen molar-refractivity contribution in [2.75, 3.05) is 0 Å². The first kappa shape index (κ1) is 15.8. The van der Waals surface area contributed by atoms with Crippen LogP contribution in [0.3, 0.4) is 0 Å². The second-order valence-corrected chi connectivity index (χ2v) is 6.40. The molecule has 0 N–H and O–H groups in total. The van der Waals surface area contributed by atoms with E-state index in [1.165, 1.54) is 29.5 Å². The summed E-state index contributed by atoms with van der Waals surface area (Å²) >= 11 is 0. The number of aryl methyl sites for hydroxylation is 1. The summed E-state index contributed by atoms with van der Waals surface area (Å²) in [5.74, 6) is 1.18. The predicted octanol–water partition coefficient (Wildman–Crippen LogP) is 4.54. The highest BCUT2D eigenvalue weighted by molar-refractivity contribution is 5.48. The lowest BCUT2D eigenvalue weighted by Gasteiger charge is -2.19. The maximum atomic E-state index is 4.52. The first-order valence-electron chi connectivity index (χ1n) is 8.63. The smallest absolute Gasteiger partial charge is 0.0649 e. The van der Waals surface area contributed by atoms with Crippen LogP contribution >= 0.6 is 0 Å². The standard InChI is InChI=1S/C19H26N4/c1-4-15(17-11-19-7-6-10-23(19)21-12-17)8-9-16(5-2)18-13-20-22(3)14-18/h6-7,10-16H,4-5,8-9H2,1-3H3. The molecule has 0 aromatic carbocycles. The van der Waals surface area contributed by atoms with Crippen LogP contribution in [0.1, 0.15) is 62.5 Å². The van der Waals surface area contributed by atoms with E-state index < -0.39 is 0 Å². The summed E-state index contributed by atoms with van der Waals surface area (Å²) in [4.78, 5) is 0. The number of nitrogens with zero attached hydrogens (tertiary/aromatic N) is 4. The third-order valence-electron chi connectivity index (χ3n) is 4.92. The lowest BCUT2D eigenvalue weighted by atomic mass is 9.86. The van der Waals surface area contributed by atoms with Gasteiger partial charge in [0.1, 0.15) is 0 Å². The van der Waals surface area contributed by atoms with E-state index in [0.29, 0.717) is 11.8 Å². The van der Waals surface area contributed by atoms with Crippen molar-refractivity contribution in [1.29, 1.82) is 0 Å². The lowest BCUT2D eigenvalue weighted by molar-refractivity contribution is 0.506. The van der Waals surface area contributed by atoms with Gasteiger partial charge in [0.05, 0.1) is 17.9 Å². The van der Waals surface area contributed by atoms with E-state index in [2.05, 4.69) is 42.4 Å². The number of rotatable bonds is 7. The molecule has 2 atom stereocenters. The molecule has 2 unspecified atom stereocenters. The molecule has 23 heavy (non-hydrogen) atoms. The van der Waals surface area contributed by atoms with Crippen LogP contribution in [0, 0.1) is 0 Å². The van der Waals surface area contributed by atoms with Crippen LogP contribution in [0.5, 0.6) is 0 Å². The Morgan fingerprint density at radius 1 is 1.00 bits per heavy atom. The van der Waals surface area contributed by atoms with Crippen LogP contribution in [0.2, 0.25) is 0 Å². The fraction of sp³-hybridized carbons (Fsp3) is 0.474. The Labute approximate surface area is 138 Å². The van der Waals surface area contributed by atoms with E-state index in [1.54, 1.807) is 0 Å². The molecule has 0 amide bonds. The van der Waals surface area contributed by atoms with Crippen molar-refractivity contribution in [3.05, 3.63) is 54.1 Å². The highest BCUT2D eigenvalue weighted by Crippen LogP contribution is 2.31. The molecule has 0 saturated carbocycles. The van der Waals surface area contributed by atoms with Gasteiger partial charge in [0, 0.05) is 19.4 Å². The van der Waals surface area contributed by atoms with Crippen LogP contribution in [-0.4, -0.2) is 19.4 Å². The number of hydrogen-bond acceptors (Lipinski definition) is 2. The molecule has 3 heterocycles. The highest BCUT2D eigenvalue weighted by Gasteiger charge is 2.16. The lowest BCUT2D eigenvalue weighted by Crippen LogP contribution is -2.04. The quantitative estimate of drug-likeness (QED) is 0.642. The van der Waals surface area contributed by atoms with Crippen LogP contribution < -0.4 is 0 Å². The van der Waals surface area contributed by atoms with Gasteiger partial charge in [0.25, 0.3) is 0 Å². The van der Waals surface area contributed by atoms with Gasteiger partial charge in [-0.15, -0.1) is 0 Å². The molecular weight excluding hydrogens is 284 g/mol. The Bertz CT molecular complexity index is 755. The zero-order chi connectivity index (χ0) is 16.2. The fourth-order valence-electron chi connectivity index (χ4n) is 3.43. The van der Waals surface area contributed by atoms with Gasteiger partial charge in [-0.25, -0.2) is 4.52 Å². The zero-order valence-corrected chi connectivity index (χ0v) is 14.3. The topological polar surface area (TPSA) is 35.1 Å². The second-order valence-electron chi connectivity index (χ2n) is 6.40.